The third-order valence-corrected chi connectivity index (χ3v) is 4.29. The summed E-state index contributed by atoms with van der Waals surface area (Å²) in [6.45, 7) is 1.06. The first-order chi connectivity index (χ1) is 13.7. The predicted molar refractivity (Wildman–Crippen MR) is 108 cm³/mol. The molecule has 0 atom stereocenters. The maximum absolute atomic E-state index is 12.4. The van der Waals surface area contributed by atoms with Gasteiger partial charge in [0.25, 0.3) is 5.56 Å². The van der Waals surface area contributed by atoms with Crippen LogP contribution in [0.2, 0.25) is 0 Å². The van der Waals surface area contributed by atoms with Gasteiger partial charge in [-0.1, -0.05) is 30.2 Å². The van der Waals surface area contributed by atoms with Gasteiger partial charge in [0.1, 0.15) is 12.4 Å². The number of nitrogens with one attached hydrogen (secondary N) is 1. The smallest absolute Gasteiger partial charge is 0.261 e. The van der Waals surface area contributed by atoms with Gasteiger partial charge in [-0.05, 0) is 36.2 Å². The van der Waals surface area contributed by atoms with Crippen molar-refractivity contribution in [1.29, 1.82) is 0 Å². The molecule has 6 heteroatoms. The molecule has 2 aromatic carbocycles. The molecule has 1 amide bonds. The molecule has 6 nitrogen and oxygen atoms in total. The molecule has 0 saturated carbocycles. The van der Waals surface area contributed by atoms with Gasteiger partial charge in [0.05, 0.1) is 17.2 Å². The van der Waals surface area contributed by atoms with Crippen LogP contribution in [-0.4, -0.2) is 28.6 Å². The number of fused-ring (bicyclic) bond motifs is 1. The standard InChI is InChI=1S/C22H21N3O3/c1-2-15-28-18-9-7-17(8-10-18)11-13-23-21(26)12-14-25-16-24-20-6-4-3-5-19(20)22(25)27/h1,3-10,16H,11-15H2,(H,23,26). The first kappa shape index (κ1) is 19.2. The first-order valence-corrected chi connectivity index (χ1v) is 9.03. The van der Waals surface area contributed by atoms with E-state index in [9.17, 15) is 9.59 Å². The number of nitrogens with zero attached hydrogens (tertiary/aromatic N) is 2. The summed E-state index contributed by atoms with van der Waals surface area (Å²) in [6.07, 6.45) is 7.57. The van der Waals surface area contributed by atoms with Crippen molar-refractivity contribution < 1.29 is 9.53 Å². The molecule has 0 radical (unpaired) electrons. The van der Waals surface area contributed by atoms with Gasteiger partial charge in [-0.25, -0.2) is 4.98 Å². The van der Waals surface area contributed by atoms with E-state index in [1.165, 1.54) is 10.9 Å². The number of hydrogen-bond donors (Lipinski definition) is 1. The van der Waals surface area contributed by atoms with E-state index in [2.05, 4.69) is 16.2 Å². The zero-order valence-corrected chi connectivity index (χ0v) is 15.4. The molecule has 0 aliphatic heterocycles. The van der Waals surface area contributed by atoms with Gasteiger partial charge in [0.15, 0.2) is 0 Å². The maximum Gasteiger partial charge on any atom is 0.261 e. The van der Waals surface area contributed by atoms with Crippen molar-refractivity contribution in [3.63, 3.8) is 0 Å². The number of ether oxygens (including phenoxy) is 1. The van der Waals surface area contributed by atoms with Crippen LogP contribution in [0.25, 0.3) is 10.9 Å². The van der Waals surface area contributed by atoms with Crippen LogP contribution in [0.5, 0.6) is 5.75 Å². The number of hydrogen-bond acceptors (Lipinski definition) is 4. The van der Waals surface area contributed by atoms with E-state index in [0.717, 1.165) is 11.3 Å². The minimum Gasteiger partial charge on any atom is -0.481 e. The van der Waals surface area contributed by atoms with Gasteiger partial charge in [0.2, 0.25) is 5.91 Å². The molecular weight excluding hydrogens is 354 g/mol. The summed E-state index contributed by atoms with van der Waals surface area (Å²) in [5.74, 6) is 3.04. The molecule has 0 saturated heterocycles. The van der Waals surface area contributed by atoms with Crippen molar-refractivity contribution in [2.45, 2.75) is 19.4 Å². The van der Waals surface area contributed by atoms with Crippen LogP contribution in [0.4, 0.5) is 0 Å². The van der Waals surface area contributed by atoms with Gasteiger partial charge in [-0.15, -0.1) is 6.42 Å². The lowest BCUT2D eigenvalue weighted by Gasteiger charge is -2.08. The van der Waals surface area contributed by atoms with Gasteiger partial charge in [0, 0.05) is 19.5 Å². The molecule has 3 aromatic rings. The van der Waals surface area contributed by atoms with Gasteiger partial charge in [-0.2, -0.15) is 0 Å². The van der Waals surface area contributed by atoms with Crippen LogP contribution in [0.15, 0.2) is 59.7 Å². The number of benzene rings is 2. The Bertz CT molecular complexity index is 1050. The minimum atomic E-state index is -0.134. The summed E-state index contributed by atoms with van der Waals surface area (Å²) in [7, 11) is 0. The molecule has 3 rings (SSSR count). The fraction of sp³-hybridized carbons (Fsp3) is 0.227. The Morgan fingerprint density at radius 3 is 2.75 bits per heavy atom. The second kappa shape index (κ2) is 9.38. The molecule has 0 spiro atoms. The number of carbonyl (C=O) groups is 1. The minimum absolute atomic E-state index is 0.103. The Morgan fingerprint density at radius 2 is 1.96 bits per heavy atom. The van der Waals surface area contributed by atoms with Crippen molar-refractivity contribution in [3.05, 3.63) is 70.8 Å². The quantitative estimate of drug-likeness (QED) is 0.613. The van der Waals surface area contributed by atoms with Gasteiger partial charge < -0.3 is 10.1 Å². The highest BCUT2D eigenvalue weighted by Gasteiger charge is 2.06. The zero-order chi connectivity index (χ0) is 19.8. The topological polar surface area (TPSA) is 73.2 Å². The van der Waals surface area contributed by atoms with E-state index in [4.69, 9.17) is 11.2 Å². The van der Waals surface area contributed by atoms with E-state index < -0.39 is 0 Å². The van der Waals surface area contributed by atoms with E-state index in [0.29, 0.717) is 30.4 Å². The summed E-state index contributed by atoms with van der Waals surface area (Å²) in [5.41, 5.74) is 1.61. The lowest BCUT2D eigenvalue weighted by Crippen LogP contribution is -2.29. The first-order valence-electron chi connectivity index (χ1n) is 9.03. The van der Waals surface area contributed by atoms with Crippen molar-refractivity contribution in [1.82, 2.24) is 14.9 Å². The predicted octanol–water partition coefficient (Wildman–Crippen LogP) is 2.16. The van der Waals surface area contributed by atoms with Crippen LogP contribution in [0, 0.1) is 12.3 Å². The highest BCUT2D eigenvalue weighted by atomic mass is 16.5. The Hall–Kier alpha value is -3.59. The second-order valence-corrected chi connectivity index (χ2v) is 6.25. The van der Waals surface area contributed by atoms with E-state index in [-0.39, 0.29) is 24.5 Å². The molecule has 1 N–H and O–H groups in total. The number of aryl methyl sites for hydroxylation is 1. The third-order valence-electron chi connectivity index (χ3n) is 4.29. The average molecular weight is 375 g/mol. The Morgan fingerprint density at radius 1 is 1.18 bits per heavy atom. The van der Waals surface area contributed by atoms with Crippen molar-refractivity contribution in [2.24, 2.45) is 0 Å². The van der Waals surface area contributed by atoms with Crippen LogP contribution < -0.4 is 15.6 Å². The number of para-hydroxylation sites is 1. The monoisotopic (exact) mass is 375 g/mol. The highest BCUT2D eigenvalue weighted by Crippen LogP contribution is 2.12. The normalized spacial score (nSPS) is 10.4. The van der Waals surface area contributed by atoms with Crippen molar-refractivity contribution in [2.75, 3.05) is 13.2 Å². The second-order valence-electron chi connectivity index (χ2n) is 6.25. The lowest BCUT2D eigenvalue weighted by atomic mass is 10.1. The molecule has 0 aliphatic carbocycles. The summed E-state index contributed by atoms with van der Waals surface area (Å²) in [5, 5.41) is 3.43. The molecule has 0 aliphatic rings. The van der Waals surface area contributed by atoms with Crippen molar-refractivity contribution >= 4 is 16.8 Å². The summed E-state index contributed by atoms with van der Waals surface area (Å²) < 4.78 is 6.79. The van der Waals surface area contributed by atoms with Crippen LogP contribution in [0.1, 0.15) is 12.0 Å². The number of amides is 1. The fourth-order valence-corrected chi connectivity index (χ4v) is 2.80. The van der Waals surface area contributed by atoms with Crippen LogP contribution in [0.3, 0.4) is 0 Å². The Kier molecular flexibility index (Phi) is 6.42. The molecule has 0 bridgehead atoms. The summed E-state index contributed by atoms with van der Waals surface area (Å²) in [4.78, 5) is 28.7. The van der Waals surface area contributed by atoms with Crippen LogP contribution in [-0.2, 0) is 17.8 Å². The highest BCUT2D eigenvalue weighted by molar-refractivity contribution is 5.77. The molecule has 1 aromatic heterocycles. The maximum atomic E-state index is 12.4. The number of carbonyl (C=O) groups excluding carboxylic acids is 1. The van der Waals surface area contributed by atoms with E-state index in [1.54, 1.807) is 18.2 Å². The van der Waals surface area contributed by atoms with Gasteiger partial charge >= 0.3 is 0 Å². The zero-order valence-electron chi connectivity index (χ0n) is 15.4. The van der Waals surface area contributed by atoms with Crippen molar-refractivity contribution in [3.8, 4) is 18.1 Å². The molecule has 0 unspecified atom stereocenters. The van der Waals surface area contributed by atoms with E-state index >= 15 is 0 Å². The summed E-state index contributed by atoms with van der Waals surface area (Å²) >= 11 is 0. The average Bonchev–Trinajstić information content (AvgIpc) is 2.73. The Balaban J connectivity index is 1.45. The Labute approximate surface area is 163 Å². The van der Waals surface area contributed by atoms with Crippen LogP contribution >= 0.6 is 0 Å². The number of rotatable bonds is 8. The molecular formula is C22H21N3O3. The molecule has 0 fully saturated rings. The summed E-state index contributed by atoms with van der Waals surface area (Å²) in [6, 6.07) is 14.8. The molecule has 28 heavy (non-hydrogen) atoms. The lowest BCUT2D eigenvalue weighted by molar-refractivity contribution is -0.121. The largest absolute Gasteiger partial charge is 0.481 e. The van der Waals surface area contributed by atoms with Gasteiger partial charge in [-0.3, -0.25) is 14.2 Å². The fourth-order valence-electron chi connectivity index (χ4n) is 2.80. The number of terminal acetylenes is 1. The third kappa shape index (κ3) is 4.98. The molecule has 1 heterocycles. The molecule has 142 valence electrons. The number of aromatic nitrogens is 2. The van der Waals surface area contributed by atoms with E-state index in [1.807, 2.05) is 30.3 Å². The SMILES string of the molecule is C#CCOc1ccc(CCNC(=O)CCn2cnc3ccccc3c2=O)cc1.